The van der Waals surface area contributed by atoms with Crippen molar-refractivity contribution < 1.29 is 14.3 Å². The molecule has 0 saturated heterocycles. The Balaban J connectivity index is 1.49. The van der Waals surface area contributed by atoms with Crippen molar-refractivity contribution in [2.45, 2.75) is 19.0 Å². The SMILES string of the molecule is COc1ccc(/C(C)=N/NC(=O)CSc2nnc(-c3ccccc3)n2-c2ccc(C)cc2)cc1OC. The van der Waals surface area contributed by atoms with Gasteiger partial charge in [-0.1, -0.05) is 59.8 Å². The van der Waals surface area contributed by atoms with Crippen LogP contribution < -0.4 is 14.9 Å². The summed E-state index contributed by atoms with van der Waals surface area (Å²) in [5, 5.41) is 13.7. The van der Waals surface area contributed by atoms with Gasteiger partial charge in [-0.3, -0.25) is 9.36 Å². The van der Waals surface area contributed by atoms with Gasteiger partial charge in [0.25, 0.3) is 5.91 Å². The van der Waals surface area contributed by atoms with Crippen LogP contribution in [-0.2, 0) is 4.79 Å². The maximum atomic E-state index is 12.6. The third-order valence-electron chi connectivity index (χ3n) is 5.44. The van der Waals surface area contributed by atoms with E-state index in [1.165, 1.54) is 11.8 Å². The number of carbonyl (C=O) groups excluding carboxylic acids is 1. The van der Waals surface area contributed by atoms with Crippen molar-refractivity contribution in [3.63, 3.8) is 0 Å². The molecular weight excluding hydrogens is 474 g/mol. The van der Waals surface area contributed by atoms with Crippen LogP contribution >= 0.6 is 11.8 Å². The first-order valence-electron chi connectivity index (χ1n) is 11.3. The highest BCUT2D eigenvalue weighted by Gasteiger charge is 2.17. The van der Waals surface area contributed by atoms with Gasteiger partial charge in [0, 0.05) is 16.8 Å². The van der Waals surface area contributed by atoms with Gasteiger partial charge in [-0.15, -0.1) is 10.2 Å². The summed E-state index contributed by atoms with van der Waals surface area (Å²) < 4.78 is 12.6. The van der Waals surface area contributed by atoms with Gasteiger partial charge in [-0.25, -0.2) is 5.43 Å². The molecule has 0 spiro atoms. The van der Waals surface area contributed by atoms with E-state index in [1.54, 1.807) is 20.3 Å². The zero-order chi connectivity index (χ0) is 25.5. The molecule has 0 radical (unpaired) electrons. The van der Waals surface area contributed by atoms with Gasteiger partial charge >= 0.3 is 0 Å². The van der Waals surface area contributed by atoms with Crippen LogP contribution in [0.3, 0.4) is 0 Å². The van der Waals surface area contributed by atoms with Gasteiger partial charge in [-0.05, 0) is 44.2 Å². The van der Waals surface area contributed by atoms with Crippen LogP contribution in [0.2, 0.25) is 0 Å². The minimum absolute atomic E-state index is 0.126. The van der Waals surface area contributed by atoms with Gasteiger partial charge in [0.2, 0.25) is 0 Å². The average Bonchev–Trinajstić information content (AvgIpc) is 3.35. The molecule has 4 rings (SSSR count). The number of methoxy groups -OCH3 is 2. The molecule has 1 N–H and O–H groups in total. The zero-order valence-electron chi connectivity index (χ0n) is 20.6. The van der Waals surface area contributed by atoms with E-state index in [2.05, 4.69) is 20.7 Å². The highest BCUT2D eigenvalue weighted by molar-refractivity contribution is 7.99. The first-order valence-corrected chi connectivity index (χ1v) is 12.2. The molecule has 36 heavy (non-hydrogen) atoms. The molecule has 1 heterocycles. The Bertz CT molecular complexity index is 1370. The number of hydrogen-bond acceptors (Lipinski definition) is 7. The van der Waals surface area contributed by atoms with Crippen LogP contribution in [0.25, 0.3) is 17.1 Å². The van der Waals surface area contributed by atoms with Crippen LogP contribution in [-0.4, -0.2) is 46.4 Å². The maximum absolute atomic E-state index is 12.6. The van der Waals surface area contributed by atoms with E-state index in [0.29, 0.717) is 28.2 Å². The minimum atomic E-state index is -0.250. The second-order valence-electron chi connectivity index (χ2n) is 7.93. The lowest BCUT2D eigenvalue weighted by Gasteiger charge is -2.11. The van der Waals surface area contributed by atoms with E-state index in [4.69, 9.17) is 9.47 Å². The molecule has 0 saturated carbocycles. The number of carbonyl (C=O) groups is 1. The molecule has 1 amide bonds. The van der Waals surface area contributed by atoms with Gasteiger partial charge in [0.05, 0.1) is 25.7 Å². The van der Waals surface area contributed by atoms with Crippen LogP contribution in [0, 0.1) is 6.92 Å². The molecule has 184 valence electrons. The lowest BCUT2D eigenvalue weighted by atomic mass is 10.1. The van der Waals surface area contributed by atoms with Crippen LogP contribution in [0.4, 0.5) is 0 Å². The molecular formula is C27H27N5O3S. The molecule has 3 aromatic carbocycles. The maximum Gasteiger partial charge on any atom is 0.250 e. The third-order valence-corrected chi connectivity index (χ3v) is 6.37. The number of rotatable bonds is 9. The molecule has 0 fully saturated rings. The van der Waals surface area contributed by atoms with Gasteiger partial charge < -0.3 is 9.47 Å². The normalized spacial score (nSPS) is 11.3. The van der Waals surface area contributed by atoms with E-state index < -0.39 is 0 Å². The number of thioether (sulfide) groups is 1. The number of hydrogen-bond donors (Lipinski definition) is 1. The topological polar surface area (TPSA) is 90.6 Å². The number of nitrogens with one attached hydrogen (secondary N) is 1. The Morgan fingerprint density at radius 2 is 1.69 bits per heavy atom. The Morgan fingerprint density at radius 3 is 2.39 bits per heavy atom. The van der Waals surface area contributed by atoms with E-state index >= 15 is 0 Å². The second kappa shape index (κ2) is 11.5. The lowest BCUT2D eigenvalue weighted by molar-refractivity contribution is -0.118. The molecule has 0 aliphatic rings. The monoisotopic (exact) mass is 501 g/mol. The Hall–Kier alpha value is -4.11. The largest absolute Gasteiger partial charge is 0.493 e. The number of amides is 1. The summed E-state index contributed by atoms with van der Waals surface area (Å²) in [6.45, 7) is 3.85. The summed E-state index contributed by atoms with van der Waals surface area (Å²) in [5.74, 6) is 1.81. The van der Waals surface area contributed by atoms with Gasteiger partial charge in [-0.2, -0.15) is 5.10 Å². The first-order chi connectivity index (χ1) is 17.5. The summed E-state index contributed by atoms with van der Waals surface area (Å²) in [4.78, 5) is 12.6. The summed E-state index contributed by atoms with van der Waals surface area (Å²) in [6.07, 6.45) is 0. The molecule has 0 bridgehead atoms. The highest BCUT2D eigenvalue weighted by Crippen LogP contribution is 2.29. The first kappa shape index (κ1) is 25.0. The summed E-state index contributed by atoms with van der Waals surface area (Å²) in [5.41, 5.74) is 7.10. The lowest BCUT2D eigenvalue weighted by Crippen LogP contribution is -2.21. The number of aryl methyl sites for hydroxylation is 1. The van der Waals surface area contributed by atoms with Crippen molar-refractivity contribution in [1.82, 2.24) is 20.2 Å². The van der Waals surface area contributed by atoms with Crippen LogP contribution in [0.15, 0.2) is 83.1 Å². The Kier molecular flexibility index (Phi) is 8.02. The molecule has 4 aromatic rings. The number of benzene rings is 3. The van der Waals surface area contributed by atoms with E-state index in [9.17, 15) is 4.79 Å². The summed E-state index contributed by atoms with van der Waals surface area (Å²) in [7, 11) is 3.16. The second-order valence-corrected chi connectivity index (χ2v) is 8.88. The minimum Gasteiger partial charge on any atom is -0.493 e. The predicted octanol–water partition coefficient (Wildman–Crippen LogP) is 4.89. The third kappa shape index (κ3) is 5.75. The van der Waals surface area contributed by atoms with E-state index in [1.807, 2.05) is 85.1 Å². The predicted molar refractivity (Wildman–Crippen MR) is 142 cm³/mol. The molecule has 9 heteroatoms. The van der Waals surface area contributed by atoms with E-state index in [-0.39, 0.29) is 11.7 Å². The Morgan fingerprint density at radius 1 is 0.972 bits per heavy atom. The fraction of sp³-hybridized carbons (Fsp3) is 0.185. The van der Waals surface area contributed by atoms with Crippen LogP contribution in [0.1, 0.15) is 18.1 Å². The average molecular weight is 502 g/mol. The fourth-order valence-corrected chi connectivity index (χ4v) is 4.24. The van der Waals surface area contributed by atoms with Crippen LogP contribution in [0.5, 0.6) is 11.5 Å². The number of hydrazone groups is 1. The molecule has 8 nitrogen and oxygen atoms in total. The number of nitrogens with zero attached hydrogens (tertiary/aromatic N) is 4. The molecule has 0 aliphatic carbocycles. The molecule has 0 unspecified atom stereocenters. The van der Waals surface area contributed by atoms with E-state index in [0.717, 1.165) is 22.4 Å². The van der Waals surface area contributed by atoms with Crippen molar-refractivity contribution >= 4 is 23.4 Å². The van der Waals surface area contributed by atoms with Crippen molar-refractivity contribution in [3.05, 3.63) is 83.9 Å². The van der Waals surface area contributed by atoms with Gasteiger partial charge in [0.1, 0.15) is 0 Å². The molecule has 1 aromatic heterocycles. The molecule has 0 aliphatic heterocycles. The smallest absolute Gasteiger partial charge is 0.250 e. The number of ether oxygens (including phenoxy) is 2. The highest BCUT2D eigenvalue weighted by atomic mass is 32.2. The quantitative estimate of drug-likeness (QED) is 0.199. The Labute approximate surface area is 214 Å². The summed E-state index contributed by atoms with van der Waals surface area (Å²) in [6, 6.07) is 23.4. The fourth-order valence-electron chi connectivity index (χ4n) is 3.50. The van der Waals surface area contributed by atoms with Crippen molar-refractivity contribution in [2.75, 3.05) is 20.0 Å². The standard InChI is InChI=1S/C27H27N5O3S/c1-18-10-13-22(14-11-18)32-26(20-8-6-5-7-9-20)30-31-27(32)36-17-25(33)29-28-19(2)21-12-15-23(34-3)24(16-21)35-4/h5-16H,17H2,1-4H3,(H,29,33)/b28-19+. The van der Waals surface area contributed by atoms with Gasteiger partial charge in [0.15, 0.2) is 22.5 Å². The number of aromatic nitrogens is 3. The van der Waals surface area contributed by atoms with Crippen molar-refractivity contribution in [1.29, 1.82) is 0 Å². The van der Waals surface area contributed by atoms with Crippen molar-refractivity contribution in [2.24, 2.45) is 5.10 Å². The van der Waals surface area contributed by atoms with Crippen molar-refractivity contribution in [3.8, 4) is 28.6 Å². The zero-order valence-corrected chi connectivity index (χ0v) is 21.4. The summed E-state index contributed by atoms with van der Waals surface area (Å²) >= 11 is 1.30. The molecule has 0 atom stereocenters.